The van der Waals surface area contributed by atoms with Crippen LogP contribution in [0.15, 0.2) is 22.7 Å². The maximum absolute atomic E-state index is 12.4. The number of hydrogen-bond acceptors (Lipinski definition) is 0. The number of aryl methyl sites for hydroxylation is 1. The van der Waals surface area contributed by atoms with E-state index >= 15 is 0 Å². The Balaban J connectivity index is 3.04. The molecule has 0 atom stereocenters. The normalized spacial score (nSPS) is 13.1. The van der Waals surface area contributed by atoms with Gasteiger partial charge in [-0.1, -0.05) is 28.1 Å². The lowest BCUT2D eigenvalue weighted by Gasteiger charge is -2.21. The van der Waals surface area contributed by atoms with Gasteiger partial charge in [0.25, 0.3) is 0 Å². The largest absolute Gasteiger partial charge is 0.389 e. The molecule has 1 aromatic carbocycles. The third-order valence-corrected chi connectivity index (χ3v) is 3.50. The van der Waals surface area contributed by atoms with Crippen molar-refractivity contribution in [3.63, 3.8) is 0 Å². The van der Waals surface area contributed by atoms with Crippen LogP contribution >= 0.6 is 15.9 Å². The van der Waals surface area contributed by atoms with E-state index < -0.39 is 31.1 Å². The summed E-state index contributed by atoms with van der Waals surface area (Å²) in [5.41, 5.74) is 0.655. The fraction of sp³-hybridized carbons (Fsp3) is 0.500. The molecular formula is C12H11BrF6. The van der Waals surface area contributed by atoms with E-state index in [4.69, 9.17) is 0 Å². The Morgan fingerprint density at radius 2 is 1.47 bits per heavy atom. The van der Waals surface area contributed by atoms with Gasteiger partial charge in [0.2, 0.25) is 0 Å². The maximum atomic E-state index is 12.4. The van der Waals surface area contributed by atoms with E-state index in [0.29, 0.717) is 10.0 Å². The Morgan fingerprint density at radius 3 is 1.84 bits per heavy atom. The van der Waals surface area contributed by atoms with Crippen molar-refractivity contribution < 1.29 is 26.3 Å². The first-order chi connectivity index (χ1) is 8.48. The van der Waals surface area contributed by atoms with Crippen LogP contribution in [0.1, 0.15) is 29.9 Å². The average molecular weight is 349 g/mol. The molecule has 0 saturated carbocycles. The van der Waals surface area contributed by atoms with Crippen LogP contribution in [0.4, 0.5) is 26.3 Å². The molecule has 0 heterocycles. The summed E-state index contributed by atoms with van der Waals surface area (Å²) >= 11 is 3.16. The van der Waals surface area contributed by atoms with Crippen LogP contribution in [0.3, 0.4) is 0 Å². The molecule has 19 heavy (non-hydrogen) atoms. The molecule has 108 valence electrons. The molecule has 0 N–H and O–H groups in total. The lowest BCUT2D eigenvalue weighted by Crippen LogP contribution is -2.20. The van der Waals surface area contributed by atoms with Gasteiger partial charge in [-0.15, -0.1) is 0 Å². The summed E-state index contributed by atoms with van der Waals surface area (Å²) in [7, 11) is 0. The molecule has 0 bridgehead atoms. The van der Waals surface area contributed by atoms with Crippen molar-refractivity contribution in [1.29, 1.82) is 0 Å². The standard InChI is InChI=1S/C12H11BrF6/c1-7-4-8(2-3-10(7)13)9(5-11(14,15)16)6-12(17,18)19/h2-4,9H,5-6H2,1H3. The van der Waals surface area contributed by atoms with Crippen LogP contribution in [-0.2, 0) is 0 Å². The molecule has 0 amide bonds. The first-order valence-corrected chi connectivity index (χ1v) is 6.17. The smallest absolute Gasteiger partial charge is 0.171 e. The van der Waals surface area contributed by atoms with Crippen LogP contribution in [0, 0.1) is 6.92 Å². The predicted octanol–water partition coefficient (Wildman–Crippen LogP) is 5.75. The molecule has 7 heteroatoms. The molecule has 0 aliphatic heterocycles. The maximum Gasteiger partial charge on any atom is 0.389 e. The molecule has 0 spiro atoms. The minimum atomic E-state index is -4.63. The molecule has 0 aliphatic carbocycles. The molecule has 0 radical (unpaired) electrons. The summed E-state index contributed by atoms with van der Waals surface area (Å²) in [5.74, 6) is -1.60. The fourth-order valence-corrected chi connectivity index (χ4v) is 2.04. The van der Waals surface area contributed by atoms with E-state index in [1.807, 2.05) is 0 Å². The summed E-state index contributed by atoms with van der Waals surface area (Å²) in [6.45, 7) is 1.62. The molecule has 0 aliphatic rings. The summed E-state index contributed by atoms with van der Waals surface area (Å²) < 4.78 is 74.9. The molecule has 1 rings (SSSR count). The zero-order valence-corrected chi connectivity index (χ0v) is 11.5. The molecule has 0 nitrogen and oxygen atoms in total. The Labute approximate surface area is 114 Å². The Bertz CT molecular complexity index is 419. The first kappa shape index (κ1) is 16.3. The number of hydrogen-bond donors (Lipinski definition) is 0. The van der Waals surface area contributed by atoms with Crippen molar-refractivity contribution in [2.24, 2.45) is 0 Å². The van der Waals surface area contributed by atoms with E-state index in [0.717, 1.165) is 0 Å². The monoisotopic (exact) mass is 348 g/mol. The molecule has 0 fully saturated rings. The number of alkyl halides is 6. The lowest BCUT2D eigenvalue weighted by molar-refractivity contribution is -0.163. The highest BCUT2D eigenvalue weighted by Crippen LogP contribution is 2.39. The van der Waals surface area contributed by atoms with Crippen molar-refractivity contribution in [2.75, 3.05) is 0 Å². The average Bonchev–Trinajstić information content (AvgIpc) is 2.17. The van der Waals surface area contributed by atoms with Crippen LogP contribution < -0.4 is 0 Å². The highest BCUT2D eigenvalue weighted by Gasteiger charge is 2.39. The molecular weight excluding hydrogens is 338 g/mol. The summed E-state index contributed by atoms with van der Waals surface area (Å²) in [6, 6.07) is 4.11. The first-order valence-electron chi connectivity index (χ1n) is 5.37. The number of rotatable bonds is 3. The van der Waals surface area contributed by atoms with Gasteiger partial charge in [0.05, 0.1) is 12.8 Å². The van der Waals surface area contributed by atoms with E-state index in [2.05, 4.69) is 15.9 Å². The van der Waals surface area contributed by atoms with Gasteiger partial charge in [0.1, 0.15) is 0 Å². The van der Waals surface area contributed by atoms with Gasteiger partial charge in [0, 0.05) is 10.4 Å². The highest BCUT2D eigenvalue weighted by molar-refractivity contribution is 9.10. The van der Waals surface area contributed by atoms with Gasteiger partial charge in [-0.25, -0.2) is 0 Å². The van der Waals surface area contributed by atoms with Crippen molar-refractivity contribution in [3.8, 4) is 0 Å². The topological polar surface area (TPSA) is 0 Å². The highest BCUT2D eigenvalue weighted by atomic mass is 79.9. The molecule has 0 saturated heterocycles. The summed E-state index contributed by atoms with van der Waals surface area (Å²) in [4.78, 5) is 0. The van der Waals surface area contributed by atoms with Crippen LogP contribution in [-0.4, -0.2) is 12.4 Å². The number of halogens is 7. The second-order valence-electron chi connectivity index (χ2n) is 4.34. The Morgan fingerprint density at radius 1 is 1.00 bits per heavy atom. The van der Waals surface area contributed by atoms with Gasteiger partial charge >= 0.3 is 12.4 Å². The summed E-state index contributed by atoms with van der Waals surface area (Å²) in [5, 5.41) is 0. The van der Waals surface area contributed by atoms with Gasteiger partial charge in [0.15, 0.2) is 0 Å². The van der Waals surface area contributed by atoms with E-state index in [9.17, 15) is 26.3 Å². The minimum absolute atomic E-state index is 0.0513. The predicted molar refractivity (Wildman–Crippen MR) is 63.0 cm³/mol. The zero-order valence-electron chi connectivity index (χ0n) is 9.87. The van der Waals surface area contributed by atoms with Gasteiger partial charge in [-0.05, 0) is 24.1 Å². The third kappa shape index (κ3) is 5.84. The van der Waals surface area contributed by atoms with E-state index in [1.54, 1.807) is 6.92 Å². The van der Waals surface area contributed by atoms with Gasteiger partial charge < -0.3 is 0 Å². The molecule has 1 aromatic rings. The second kappa shape index (κ2) is 5.73. The minimum Gasteiger partial charge on any atom is -0.171 e. The molecule has 0 aromatic heterocycles. The van der Waals surface area contributed by atoms with Crippen LogP contribution in [0.5, 0.6) is 0 Å². The Hall–Kier alpha value is -0.720. The quantitative estimate of drug-likeness (QED) is 0.610. The van der Waals surface area contributed by atoms with Crippen LogP contribution in [0.2, 0.25) is 0 Å². The lowest BCUT2D eigenvalue weighted by atomic mass is 9.91. The third-order valence-electron chi connectivity index (χ3n) is 2.61. The van der Waals surface area contributed by atoms with Crippen molar-refractivity contribution in [3.05, 3.63) is 33.8 Å². The van der Waals surface area contributed by atoms with Gasteiger partial charge in [-0.3, -0.25) is 0 Å². The second-order valence-corrected chi connectivity index (χ2v) is 5.20. The Kier molecular flexibility index (Phi) is 4.92. The van der Waals surface area contributed by atoms with Crippen molar-refractivity contribution in [2.45, 2.75) is 38.0 Å². The van der Waals surface area contributed by atoms with E-state index in [-0.39, 0.29) is 5.56 Å². The SMILES string of the molecule is Cc1cc(C(CC(F)(F)F)CC(F)(F)F)ccc1Br. The van der Waals surface area contributed by atoms with Crippen molar-refractivity contribution in [1.82, 2.24) is 0 Å². The van der Waals surface area contributed by atoms with Crippen molar-refractivity contribution >= 4 is 15.9 Å². The van der Waals surface area contributed by atoms with Gasteiger partial charge in [-0.2, -0.15) is 26.3 Å². The van der Waals surface area contributed by atoms with Crippen LogP contribution in [0.25, 0.3) is 0 Å². The number of benzene rings is 1. The van der Waals surface area contributed by atoms with E-state index in [1.165, 1.54) is 18.2 Å². The summed E-state index contributed by atoms with van der Waals surface area (Å²) in [6.07, 6.45) is -12.2. The molecule has 0 unspecified atom stereocenters. The fourth-order valence-electron chi connectivity index (χ4n) is 1.79. The zero-order chi connectivity index (χ0) is 14.8.